The molecule has 0 bridgehead atoms. The first-order valence-electron chi connectivity index (χ1n) is 6.96. The number of hydrogen-bond donors (Lipinski definition) is 1. The molecule has 0 amide bonds. The molecule has 0 radical (unpaired) electrons. The smallest absolute Gasteiger partial charge is 0.225 e. The summed E-state index contributed by atoms with van der Waals surface area (Å²) in [7, 11) is 0. The summed E-state index contributed by atoms with van der Waals surface area (Å²) in [5.41, 5.74) is 2.08. The molecule has 0 spiro atoms. The summed E-state index contributed by atoms with van der Waals surface area (Å²) in [6.45, 7) is 8.80. The first-order valence-corrected chi connectivity index (χ1v) is 6.96. The Bertz CT molecular complexity index is 537. The molecule has 0 unspecified atom stereocenters. The Hall–Kier alpha value is -2.17. The third kappa shape index (κ3) is 3.66. The standard InChI is InChI=1S/C15H21N5/c1-4-20(5-2)14-9-12(3)18-15(19-14)17-11-13-7-6-8-16-10-13/h6-10H,4-5,11H2,1-3H3,(H,17,18,19). The van der Waals surface area contributed by atoms with Gasteiger partial charge in [0, 0.05) is 43.8 Å². The zero-order valence-corrected chi connectivity index (χ0v) is 12.3. The average molecular weight is 271 g/mol. The number of nitrogens with zero attached hydrogens (tertiary/aromatic N) is 4. The van der Waals surface area contributed by atoms with Crippen molar-refractivity contribution in [2.75, 3.05) is 23.3 Å². The molecule has 106 valence electrons. The average Bonchev–Trinajstić information content (AvgIpc) is 2.47. The van der Waals surface area contributed by atoms with Crippen LogP contribution in [-0.4, -0.2) is 28.0 Å². The van der Waals surface area contributed by atoms with Crippen molar-refractivity contribution in [2.24, 2.45) is 0 Å². The number of aromatic nitrogens is 3. The van der Waals surface area contributed by atoms with Crippen LogP contribution in [0.4, 0.5) is 11.8 Å². The van der Waals surface area contributed by atoms with Gasteiger partial charge in [0.25, 0.3) is 0 Å². The Kier molecular flexibility index (Phi) is 4.87. The van der Waals surface area contributed by atoms with E-state index in [1.165, 1.54) is 0 Å². The minimum Gasteiger partial charge on any atom is -0.357 e. The van der Waals surface area contributed by atoms with Crippen molar-refractivity contribution in [3.8, 4) is 0 Å². The minimum absolute atomic E-state index is 0.663. The van der Waals surface area contributed by atoms with E-state index in [-0.39, 0.29) is 0 Å². The second kappa shape index (κ2) is 6.84. The van der Waals surface area contributed by atoms with Crippen LogP contribution in [0.15, 0.2) is 30.6 Å². The zero-order chi connectivity index (χ0) is 14.4. The van der Waals surface area contributed by atoms with E-state index in [0.717, 1.165) is 30.2 Å². The molecule has 20 heavy (non-hydrogen) atoms. The van der Waals surface area contributed by atoms with Crippen molar-refractivity contribution >= 4 is 11.8 Å². The van der Waals surface area contributed by atoms with Crippen LogP contribution >= 0.6 is 0 Å². The molecular weight excluding hydrogens is 250 g/mol. The van der Waals surface area contributed by atoms with Gasteiger partial charge in [-0.3, -0.25) is 4.98 Å². The van der Waals surface area contributed by atoms with Gasteiger partial charge in [0.2, 0.25) is 5.95 Å². The Morgan fingerprint density at radius 2 is 2.00 bits per heavy atom. The maximum absolute atomic E-state index is 4.57. The minimum atomic E-state index is 0.663. The molecule has 0 aliphatic rings. The Balaban J connectivity index is 2.12. The molecule has 0 aliphatic carbocycles. The third-order valence-electron chi connectivity index (χ3n) is 3.10. The summed E-state index contributed by atoms with van der Waals surface area (Å²) in [4.78, 5) is 15.3. The molecule has 5 nitrogen and oxygen atoms in total. The van der Waals surface area contributed by atoms with E-state index in [1.807, 2.05) is 31.3 Å². The predicted octanol–water partition coefficient (Wildman–Crippen LogP) is 2.64. The van der Waals surface area contributed by atoms with Gasteiger partial charge in [0.15, 0.2) is 0 Å². The molecule has 5 heteroatoms. The molecule has 1 N–H and O–H groups in total. The first-order chi connectivity index (χ1) is 9.72. The van der Waals surface area contributed by atoms with Crippen molar-refractivity contribution in [2.45, 2.75) is 27.3 Å². The van der Waals surface area contributed by atoms with Crippen molar-refractivity contribution in [3.63, 3.8) is 0 Å². The molecule has 0 aliphatic heterocycles. The van der Waals surface area contributed by atoms with Crippen LogP contribution in [0.5, 0.6) is 0 Å². The van der Waals surface area contributed by atoms with E-state index in [1.54, 1.807) is 6.20 Å². The summed E-state index contributed by atoms with van der Waals surface area (Å²) in [5, 5.41) is 3.26. The van der Waals surface area contributed by atoms with Gasteiger partial charge in [-0.1, -0.05) is 6.07 Å². The van der Waals surface area contributed by atoms with E-state index in [0.29, 0.717) is 12.5 Å². The number of pyridine rings is 1. The predicted molar refractivity (Wildman–Crippen MR) is 81.9 cm³/mol. The van der Waals surface area contributed by atoms with Crippen molar-refractivity contribution in [1.82, 2.24) is 15.0 Å². The summed E-state index contributed by atoms with van der Waals surface area (Å²) in [5.74, 6) is 1.63. The highest BCUT2D eigenvalue weighted by atomic mass is 15.2. The number of hydrogen-bond acceptors (Lipinski definition) is 5. The van der Waals surface area contributed by atoms with Gasteiger partial charge in [-0.25, -0.2) is 4.98 Å². The summed E-state index contributed by atoms with van der Waals surface area (Å²) in [6, 6.07) is 5.97. The second-order valence-electron chi connectivity index (χ2n) is 4.58. The maximum atomic E-state index is 4.57. The monoisotopic (exact) mass is 271 g/mol. The molecule has 0 saturated carbocycles. The van der Waals surface area contributed by atoms with Gasteiger partial charge < -0.3 is 10.2 Å². The van der Waals surface area contributed by atoms with Crippen LogP contribution in [0.1, 0.15) is 25.1 Å². The van der Waals surface area contributed by atoms with Gasteiger partial charge in [-0.15, -0.1) is 0 Å². The lowest BCUT2D eigenvalue weighted by Crippen LogP contribution is -2.23. The van der Waals surface area contributed by atoms with Crippen molar-refractivity contribution in [1.29, 1.82) is 0 Å². The number of rotatable bonds is 6. The Morgan fingerprint density at radius 1 is 1.20 bits per heavy atom. The fourth-order valence-electron chi connectivity index (χ4n) is 2.02. The summed E-state index contributed by atoms with van der Waals surface area (Å²) < 4.78 is 0. The SMILES string of the molecule is CCN(CC)c1cc(C)nc(NCc2cccnc2)n1. The topological polar surface area (TPSA) is 53.9 Å². The second-order valence-corrected chi connectivity index (χ2v) is 4.58. The first kappa shape index (κ1) is 14.2. The molecule has 0 aromatic carbocycles. The Labute approximate surface area is 120 Å². The van der Waals surface area contributed by atoms with E-state index >= 15 is 0 Å². The van der Waals surface area contributed by atoms with E-state index in [9.17, 15) is 0 Å². The molecule has 2 aromatic heterocycles. The molecule has 0 fully saturated rings. The molecule has 2 rings (SSSR count). The number of anilines is 2. The molecular formula is C15H21N5. The van der Waals surface area contributed by atoms with E-state index in [4.69, 9.17) is 0 Å². The van der Waals surface area contributed by atoms with Gasteiger partial charge in [-0.05, 0) is 32.4 Å². The number of nitrogens with one attached hydrogen (secondary N) is 1. The fraction of sp³-hybridized carbons (Fsp3) is 0.400. The van der Waals surface area contributed by atoms with Crippen LogP contribution in [0.25, 0.3) is 0 Å². The highest BCUT2D eigenvalue weighted by molar-refractivity contribution is 5.44. The van der Waals surface area contributed by atoms with Crippen molar-refractivity contribution < 1.29 is 0 Å². The van der Waals surface area contributed by atoms with E-state index < -0.39 is 0 Å². The highest BCUT2D eigenvalue weighted by Gasteiger charge is 2.07. The maximum Gasteiger partial charge on any atom is 0.225 e. The van der Waals surface area contributed by atoms with Crippen molar-refractivity contribution in [3.05, 3.63) is 41.9 Å². The van der Waals surface area contributed by atoms with Crippen LogP contribution in [0, 0.1) is 6.92 Å². The van der Waals surface area contributed by atoms with Gasteiger partial charge in [0.05, 0.1) is 0 Å². The number of aryl methyl sites for hydroxylation is 1. The zero-order valence-electron chi connectivity index (χ0n) is 12.3. The molecule has 0 saturated heterocycles. The molecule has 2 heterocycles. The van der Waals surface area contributed by atoms with Crippen LogP contribution in [0.3, 0.4) is 0 Å². The summed E-state index contributed by atoms with van der Waals surface area (Å²) in [6.07, 6.45) is 3.61. The van der Waals surface area contributed by atoms with Crippen LogP contribution < -0.4 is 10.2 Å². The quantitative estimate of drug-likeness (QED) is 0.875. The third-order valence-corrected chi connectivity index (χ3v) is 3.10. The van der Waals surface area contributed by atoms with Gasteiger partial charge in [-0.2, -0.15) is 4.98 Å². The fourth-order valence-corrected chi connectivity index (χ4v) is 2.02. The molecule has 2 aromatic rings. The van der Waals surface area contributed by atoms with Crippen LogP contribution in [-0.2, 0) is 6.54 Å². The van der Waals surface area contributed by atoms with Crippen LogP contribution in [0.2, 0.25) is 0 Å². The Morgan fingerprint density at radius 3 is 2.65 bits per heavy atom. The highest BCUT2D eigenvalue weighted by Crippen LogP contribution is 2.15. The lowest BCUT2D eigenvalue weighted by Gasteiger charge is -2.20. The van der Waals surface area contributed by atoms with Gasteiger partial charge >= 0.3 is 0 Å². The summed E-state index contributed by atoms with van der Waals surface area (Å²) >= 11 is 0. The normalized spacial score (nSPS) is 10.3. The van der Waals surface area contributed by atoms with E-state index in [2.05, 4.69) is 39.0 Å². The largest absolute Gasteiger partial charge is 0.357 e. The van der Waals surface area contributed by atoms with Gasteiger partial charge in [0.1, 0.15) is 5.82 Å². The lowest BCUT2D eigenvalue weighted by atomic mass is 10.3. The molecule has 0 atom stereocenters. The lowest BCUT2D eigenvalue weighted by molar-refractivity contribution is 0.838.